The Morgan fingerprint density at radius 2 is 2.20 bits per heavy atom. The summed E-state index contributed by atoms with van der Waals surface area (Å²) in [4.78, 5) is 0. The first-order chi connectivity index (χ1) is 7.20. The zero-order valence-electron chi connectivity index (χ0n) is 10.0. The van der Waals surface area contributed by atoms with Crippen molar-refractivity contribution in [2.75, 3.05) is 13.7 Å². The fraction of sp³-hybridized carbons (Fsp3) is 1.00. The van der Waals surface area contributed by atoms with E-state index in [-0.39, 0.29) is 0 Å². The van der Waals surface area contributed by atoms with Gasteiger partial charge in [-0.3, -0.25) is 0 Å². The maximum absolute atomic E-state index is 5.84. The molecule has 15 heavy (non-hydrogen) atoms. The van der Waals surface area contributed by atoms with Crippen LogP contribution in [0.5, 0.6) is 0 Å². The summed E-state index contributed by atoms with van der Waals surface area (Å²) in [7, 11) is 1.77. The highest BCUT2D eigenvalue weighted by atomic mass is 16.5. The zero-order valence-corrected chi connectivity index (χ0v) is 10.0. The van der Waals surface area contributed by atoms with Gasteiger partial charge in [0.25, 0.3) is 0 Å². The summed E-state index contributed by atoms with van der Waals surface area (Å²) in [6.45, 7) is 5.28. The van der Waals surface area contributed by atoms with Crippen LogP contribution in [0.15, 0.2) is 0 Å². The van der Waals surface area contributed by atoms with Crippen LogP contribution in [-0.2, 0) is 9.47 Å². The number of methoxy groups -OCH3 is 1. The molecule has 2 heterocycles. The lowest BCUT2D eigenvalue weighted by atomic mass is 9.93. The van der Waals surface area contributed by atoms with Crippen molar-refractivity contribution >= 4 is 0 Å². The standard InChI is InChI=1S/C12H23NO2/c1-8(2)11(7-14-3)13-10-6-9-4-5-12(10)15-9/h8-13H,4-7H2,1-3H3. The molecule has 2 rings (SSSR count). The fourth-order valence-corrected chi connectivity index (χ4v) is 2.70. The Labute approximate surface area is 92.5 Å². The van der Waals surface area contributed by atoms with Crippen LogP contribution in [0.1, 0.15) is 33.1 Å². The van der Waals surface area contributed by atoms with Crippen molar-refractivity contribution in [1.29, 1.82) is 0 Å². The van der Waals surface area contributed by atoms with Crippen molar-refractivity contribution in [3.63, 3.8) is 0 Å². The molecule has 0 aromatic rings. The number of nitrogens with one attached hydrogen (secondary N) is 1. The van der Waals surface area contributed by atoms with Crippen LogP contribution in [-0.4, -0.2) is 38.0 Å². The lowest BCUT2D eigenvalue weighted by Gasteiger charge is -2.28. The summed E-state index contributed by atoms with van der Waals surface area (Å²) >= 11 is 0. The van der Waals surface area contributed by atoms with E-state index in [1.54, 1.807) is 7.11 Å². The Bertz CT molecular complexity index is 208. The van der Waals surface area contributed by atoms with E-state index in [0.29, 0.717) is 30.2 Å². The molecule has 2 aliphatic heterocycles. The quantitative estimate of drug-likeness (QED) is 0.752. The van der Waals surface area contributed by atoms with E-state index in [0.717, 1.165) is 6.61 Å². The van der Waals surface area contributed by atoms with Crippen LogP contribution in [0.2, 0.25) is 0 Å². The van der Waals surface area contributed by atoms with E-state index < -0.39 is 0 Å². The largest absolute Gasteiger partial charge is 0.383 e. The van der Waals surface area contributed by atoms with Gasteiger partial charge in [-0.05, 0) is 25.2 Å². The van der Waals surface area contributed by atoms with Crippen LogP contribution >= 0.6 is 0 Å². The summed E-state index contributed by atoms with van der Waals surface area (Å²) in [6.07, 6.45) is 4.69. The normalized spacial score (nSPS) is 36.4. The van der Waals surface area contributed by atoms with Gasteiger partial charge in [-0.15, -0.1) is 0 Å². The summed E-state index contributed by atoms with van der Waals surface area (Å²) in [6, 6.07) is 1.02. The molecule has 4 unspecified atom stereocenters. The Hall–Kier alpha value is -0.120. The monoisotopic (exact) mass is 213 g/mol. The van der Waals surface area contributed by atoms with Gasteiger partial charge in [0.1, 0.15) is 0 Å². The minimum Gasteiger partial charge on any atom is -0.383 e. The second kappa shape index (κ2) is 4.81. The molecule has 3 nitrogen and oxygen atoms in total. The lowest BCUT2D eigenvalue weighted by Crippen LogP contribution is -2.48. The van der Waals surface area contributed by atoms with Gasteiger partial charge in [-0.1, -0.05) is 13.8 Å². The third-order valence-electron chi connectivity index (χ3n) is 3.69. The number of hydrogen-bond donors (Lipinski definition) is 1. The van der Waals surface area contributed by atoms with Gasteiger partial charge in [0, 0.05) is 19.2 Å². The minimum atomic E-state index is 0.461. The van der Waals surface area contributed by atoms with E-state index in [4.69, 9.17) is 9.47 Å². The van der Waals surface area contributed by atoms with Crippen LogP contribution < -0.4 is 5.32 Å². The number of ether oxygens (including phenoxy) is 2. The lowest BCUT2D eigenvalue weighted by molar-refractivity contribution is 0.0883. The van der Waals surface area contributed by atoms with E-state index >= 15 is 0 Å². The Balaban J connectivity index is 1.84. The molecular formula is C12H23NO2. The maximum atomic E-state index is 5.84. The second-order valence-electron chi connectivity index (χ2n) is 5.19. The number of rotatable bonds is 5. The molecule has 2 fully saturated rings. The van der Waals surface area contributed by atoms with E-state index in [9.17, 15) is 0 Å². The predicted molar refractivity (Wildman–Crippen MR) is 59.9 cm³/mol. The molecule has 1 N–H and O–H groups in total. The SMILES string of the molecule is COCC(NC1CC2CCC1O2)C(C)C. The summed E-state index contributed by atoms with van der Waals surface area (Å²) in [5.74, 6) is 0.615. The molecule has 0 amide bonds. The van der Waals surface area contributed by atoms with Crippen molar-refractivity contribution in [2.24, 2.45) is 5.92 Å². The van der Waals surface area contributed by atoms with Crippen LogP contribution in [0.4, 0.5) is 0 Å². The Kier molecular flexibility index (Phi) is 3.65. The predicted octanol–water partition coefficient (Wildman–Crippen LogP) is 1.57. The molecule has 0 aromatic carbocycles. The number of hydrogen-bond acceptors (Lipinski definition) is 3. The van der Waals surface area contributed by atoms with Crippen molar-refractivity contribution in [2.45, 2.75) is 57.4 Å². The van der Waals surface area contributed by atoms with Crippen LogP contribution in [0, 0.1) is 5.92 Å². The highest BCUT2D eigenvalue weighted by Gasteiger charge is 2.41. The highest BCUT2D eigenvalue weighted by molar-refractivity contribution is 4.95. The van der Waals surface area contributed by atoms with Crippen molar-refractivity contribution in [1.82, 2.24) is 5.32 Å². The minimum absolute atomic E-state index is 0.461. The van der Waals surface area contributed by atoms with Crippen LogP contribution in [0.25, 0.3) is 0 Å². The van der Waals surface area contributed by atoms with Crippen molar-refractivity contribution < 1.29 is 9.47 Å². The topological polar surface area (TPSA) is 30.5 Å². The molecule has 0 spiro atoms. The van der Waals surface area contributed by atoms with Gasteiger partial charge in [-0.2, -0.15) is 0 Å². The highest BCUT2D eigenvalue weighted by Crippen LogP contribution is 2.34. The summed E-state index contributed by atoms with van der Waals surface area (Å²) in [5.41, 5.74) is 0. The van der Waals surface area contributed by atoms with Gasteiger partial charge < -0.3 is 14.8 Å². The molecule has 3 heteroatoms. The fourth-order valence-electron chi connectivity index (χ4n) is 2.70. The third kappa shape index (κ3) is 2.52. The summed E-state index contributed by atoms with van der Waals surface area (Å²) in [5, 5.41) is 3.70. The second-order valence-corrected chi connectivity index (χ2v) is 5.19. The average Bonchev–Trinajstić information content (AvgIpc) is 2.78. The molecular weight excluding hydrogens is 190 g/mol. The molecule has 0 radical (unpaired) electrons. The average molecular weight is 213 g/mol. The first-order valence-electron chi connectivity index (χ1n) is 6.11. The first-order valence-corrected chi connectivity index (χ1v) is 6.11. The Morgan fingerprint density at radius 1 is 1.40 bits per heavy atom. The van der Waals surface area contributed by atoms with E-state index in [1.807, 2.05) is 0 Å². The smallest absolute Gasteiger partial charge is 0.0733 e. The first kappa shape index (κ1) is 11.4. The molecule has 0 aliphatic carbocycles. The van der Waals surface area contributed by atoms with Gasteiger partial charge in [0.05, 0.1) is 18.8 Å². The zero-order chi connectivity index (χ0) is 10.8. The molecule has 4 atom stereocenters. The maximum Gasteiger partial charge on any atom is 0.0733 e. The molecule has 0 aromatic heterocycles. The molecule has 2 saturated heterocycles. The number of fused-ring (bicyclic) bond motifs is 2. The van der Waals surface area contributed by atoms with E-state index in [2.05, 4.69) is 19.2 Å². The van der Waals surface area contributed by atoms with Crippen molar-refractivity contribution in [3.8, 4) is 0 Å². The molecule has 2 aliphatic rings. The van der Waals surface area contributed by atoms with Gasteiger partial charge in [-0.25, -0.2) is 0 Å². The third-order valence-corrected chi connectivity index (χ3v) is 3.69. The molecule has 0 saturated carbocycles. The van der Waals surface area contributed by atoms with Crippen LogP contribution in [0.3, 0.4) is 0 Å². The Morgan fingerprint density at radius 3 is 2.67 bits per heavy atom. The van der Waals surface area contributed by atoms with Gasteiger partial charge in [0.2, 0.25) is 0 Å². The summed E-state index contributed by atoms with van der Waals surface area (Å²) < 4.78 is 11.1. The van der Waals surface area contributed by atoms with E-state index in [1.165, 1.54) is 19.3 Å². The molecule has 88 valence electrons. The van der Waals surface area contributed by atoms with Crippen molar-refractivity contribution in [3.05, 3.63) is 0 Å². The van der Waals surface area contributed by atoms with Gasteiger partial charge in [0.15, 0.2) is 0 Å². The van der Waals surface area contributed by atoms with Gasteiger partial charge >= 0.3 is 0 Å². The molecule has 2 bridgehead atoms.